The van der Waals surface area contributed by atoms with Crippen LogP contribution in [0.3, 0.4) is 0 Å². The van der Waals surface area contributed by atoms with E-state index in [0.717, 1.165) is 0 Å². The Morgan fingerprint density at radius 3 is 2.33 bits per heavy atom. The molecule has 0 saturated heterocycles. The summed E-state index contributed by atoms with van der Waals surface area (Å²) in [5.41, 5.74) is 0.585. The number of anilines is 1. The average Bonchev–Trinajstić information content (AvgIpc) is 2.86. The van der Waals surface area contributed by atoms with E-state index in [9.17, 15) is 49.8 Å². The predicted octanol–water partition coefficient (Wildman–Crippen LogP) is -0.232. The van der Waals surface area contributed by atoms with E-state index in [2.05, 4.69) is 21.2 Å². The fourth-order valence-electron chi connectivity index (χ4n) is 6.01. The highest BCUT2D eigenvalue weighted by atomic mass is 79.9. The van der Waals surface area contributed by atoms with E-state index < -0.39 is 98.7 Å². The summed E-state index contributed by atoms with van der Waals surface area (Å²) in [4.78, 5) is 51.7. The number of carbonyl (C=O) groups excluding carboxylic acids is 4. The van der Waals surface area contributed by atoms with Gasteiger partial charge < -0.3 is 41.7 Å². The van der Waals surface area contributed by atoms with E-state index in [1.165, 1.54) is 31.1 Å². The van der Waals surface area contributed by atoms with Gasteiger partial charge in [-0.15, -0.1) is 17.0 Å². The molecule has 0 bridgehead atoms. The van der Waals surface area contributed by atoms with E-state index in [4.69, 9.17) is 5.73 Å². The van der Waals surface area contributed by atoms with Gasteiger partial charge in [-0.05, 0) is 31.6 Å². The van der Waals surface area contributed by atoms with Gasteiger partial charge in [-0.2, -0.15) is 0 Å². The van der Waals surface area contributed by atoms with Crippen LogP contribution in [-0.4, -0.2) is 102 Å². The Hall–Kier alpha value is -2.82. The van der Waals surface area contributed by atoms with Gasteiger partial charge in [-0.3, -0.25) is 24.1 Å². The first-order valence-electron chi connectivity index (χ1n) is 11.9. The van der Waals surface area contributed by atoms with E-state index in [-0.39, 0.29) is 33.8 Å². The number of aliphatic hydroxyl groups is 5. The zero-order valence-corrected chi connectivity index (χ0v) is 24.8. The molecule has 1 saturated carbocycles. The number of halogens is 2. The molecule has 0 radical (unpaired) electrons. The highest BCUT2D eigenvalue weighted by molar-refractivity contribution is 9.10. The summed E-state index contributed by atoms with van der Waals surface area (Å²) in [5, 5.41) is 68.0. The van der Waals surface area contributed by atoms with Crippen molar-refractivity contribution in [3.05, 3.63) is 40.2 Å². The summed E-state index contributed by atoms with van der Waals surface area (Å²) < 4.78 is 0. The normalized spacial score (nSPS) is 30.2. The van der Waals surface area contributed by atoms with Crippen molar-refractivity contribution in [2.45, 2.75) is 35.4 Å². The fourth-order valence-corrected chi connectivity index (χ4v) is 6.13. The van der Waals surface area contributed by atoms with Crippen LogP contribution in [0.2, 0.25) is 0 Å². The molecule has 1 aromatic rings. The molecule has 0 heterocycles. The lowest BCUT2D eigenvalue weighted by atomic mass is 9.54. The van der Waals surface area contributed by atoms with E-state index in [1.54, 1.807) is 6.92 Å². The van der Waals surface area contributed by atoms with Crippen molar-refractivity contribution in [1.29, 1.82) is 0 Å². The Bertz CT molecular complexity index is 1380. The van der Waals surface area contributed by atoms with Crippen LogP contribution in [0.25, 0.3) is 5.76 Å². The third kappa shape index (κ3) is 4.26. The summed E-state index contributed by atoms with van der Waals surface area (Å²) in [5.74, 6) is -10.8. The summed E-state index contributed by atoms with van der Waals surface area (Å²) >= 11 is 2.97. The number of aliphatic hydroxyl groups excluding tert-OH is 4. The van der Waals surface area contributed by atoms with Gasteiger partial charge in [0, 0.05) is 11.5 Å². The van der Waals surface area contributed by atoms with Crippen LogP contribution in [0.1, 0.15) is 24.0 Å². The molecular weight excluding hydrogens is 662 g/mol. The first-order chi connectivity index (χ1) is 18.1. The lowest BCUT2D eigenvalue weighted by molar-refractivity contribution is -0.169. The van der Waals surface area contributed by atoms with Crippen molar-refractivity contribution in [3.63, 3.8) is 0 Å². The monoisotopic (exact) mass is 689 g/mol. The lowest BCUT2D eigenvalue weighted by Gasteiger charge is -2.53. The van der Waals surface area contributed by atoms with Crippen LogP contribution in [-0.2, 0) is 19.2 Å². The van der Waals surface area contributed by atoms with Crippen molar-refractivity contribution >= 4 is 67.7 Å². The SMILES string of the molecule is Br.CC1c2ccc(NC(=O)C(Br)CO)c(O)c2C(O)=C2C(=O)C3(O)C(O)=C(C(N)=O)C(=O)[C@@H](N(C)C)C3C(O)C21. The zero-order chi connectivity index (χ0) is 29.3. The molecule has 0 aliphatic heterocycles. The predicted molar refractivity (Wildman–Crippen MR) is 149 cm³/mol. The number of ketones is 2. The zero-order valence-electron chi connectivity index (χ0n) is 21.5. The van der Waals surface area contributed by atoms with Gasteiger partial charge in [-0.1, -0.05) is 28.9 Å². The Morgan fingerprint density at radius 1 is 1.20 bits per heavy atom. The van der Waals surface area contributed by atoms with Crippen LogP contribution >= 0.6 is 32.9 Å². The molecule has 6 unspecified atom stereocenters. The van der Waals surface area contributed by atoms with E-state index >= 15 is 0 Å². The third-order valence-corrected chi connectivity index (χ3v) is 8.54. The second-order valence-corrected chi connectivity index (χ2v) is 11.2. The van der Waals surface area contributed by atoms with Gasteiger partial charge in [-0.25, -0.2) is 0 Å². The number of carbonyl (C=O) groups is 4. The van der Waals surface area contributed by atoms with Gasteiger partial charge in [0.25, 0.3) is 5.91 Å². The molecule has 1 fully saturated rings. The van der Waals surface area contributed by atoms with Crippen LogP contribution in [0.4, 0.5) is 5.69 Å². The van der Waals surface area contributed by atoms with Crippen molar-refractivity contribution in [2.75, 3.05) is 26.0 Å². The molecule has 0 spiro atoms. The number of aromatic hydroxyl groups is 1. The maximum Gasteiger partial charge on any atom is 0.255 e. The van der Waals surface area contributed by atoms with Gasteiger partial charge in [0.15, 0.2) is 11.4 Å². The second-order valence-electron chi connectivity index (χ2n) is 10.1. The molecule has 9 N–H and O–H groups in total. The minimum atomic E-state index is -3.02. The average molecular weight is 691 g/mol. The number of fused-ring (bicyclic) bond motifs is 3. The largest absolute Gasteiger partial charge is 0.508 e. The Balaban J connectivity index is 0.00000441. The molecule has 3 aliphatic rings. The molecule has 40 heavy (non-hydrogen) atoms. The molecule has 15 heteroatoms. The number of nitrogens with zero attached hydrogens (tertiary/aromatic N) is 1. The van der Waals surface area contributed by atoms with Crippen molar-refractivity contribution < 1.29 is 49.8 Å². The highest BCUT2D eigenvalue weighted by Gasteiger charge is 2.68. The van der Waals surface area contributed by atoms with Crippen molar-refractivity contribution in [1.82, 2.24) is 4.90 Å². The summed E-state index contributed by atoms with van der Waals surface area (Å²) in [7, 11) is 2.84. The van der Waals surface area contributed by atoms with Crippen LogP contribution in [0.15, 0.2) is 29.0 Å². The molecular formula is C25H29Br2N3O10. The third-order valence-electron chi connectivity index (χ3n) is 7.83. The van der Waals surface area contributed by atoms with E-state index in [1.807, 2.05) is 0 Å². The molecule has 3 aliphatic carbocycles. The summed E-state index contributed by atoms with van der Waals surface area (Å²) in [6.45, 7) is 1.05. The molecule has 218 valence electrons. The van der Waals surface area contributed by atoms with Crippen molar-refractivity contribution in [3.8, 4) is 5.75 Å². The van der Waals surface area contributed by atoms with Gasteiger partial charge >= 0.3 is 0 Å². The molecule has 13 nitrogen and oxygen atoms in total. The lowest BCUT2D eigenvalue weighted by Crippen LogP contribution is -2.70. The molecule has 4 rings (SSSR count). The van der Waals surface area contributed by atoms with Crippen molar-refractivity contribution in [2.24, 2.45) is 17.6 Å². The maximum atomic E-state index is 13.9. The number of hydrogen-bond donors (Lipinski definition) is 8. The number of Topliss-reactive ketones (excluding diaryl/α,β-unsaturated/α-hetero) is 2. The summed E-state index contributed by atoms with van der Waals surface area (Å²) in [6.07, 6.45) is -1.71. The first-order valence-corrected chi connectivity index (χ1v) is 12.8. The second kappa shape index (κ2) is 10.9. The smallest absolute Gasteiger partial charge is 0.255 e. The van der Waals surface area contributed by atoms with Crippen LogP contribution < -0.4 is 11.1 Å². The number of hydrogen-bond acceptors (Lipinski definition) is 11. The fraction of sp³-hybridized carbons (Fsp3) is 0.440. The standard InChI is InChI=1S/C25H28BrN3O10.BrH/c1-7-8-4-5-10(28-24(38)9(26)6-30)17(31)12(8)18(32)13-11(7)19(33)15-16(29(2)3)20(34)14(23(27)37)22(36)25(15,39)21(13)35;/h4-5,7,9,11,15-16,19,30-33,36,39H,6H2,1-3H3,(H2,27,37)(H,28,38);1H/t7?,9?,11?,15?,16-,19?,25?;/m0./s1. The number of phenolic OH excluding ortho intramolecular Hbond substituents is 1. The Morgan fingerprint density at radius 2 is 1.80 bits per heavy atom. The van der Waals surface area contributed by atoms with E-state index in [0.29, 0.717) is 0 Å². The van der Waals surface area contributed by atoms with Gasteiger partial charge in [0.1, 0.15) is 27.7 Å². The van der Waals surface area contributed by atoms with Gasteiger partial charge in [0.05, 0.1) is 35.9 Å². The van der Waals surface area contributed by atoms with Gasteiger partial charge in [0.2, 0.25) is 11.7 Å². The number of benzene rings is 1. The first kappa shape index (κ1) is 31.7. The Labute approximate surface area is 246 Å². The summed E-state index contributed by atoms with van der Waals surface area (Å²) in [6, 6.07) is 1.35. The molecule has 7 atom stereocenters. The van der Waals surface area contributed by atoms with Crippen LogP contribution in [0.5, 0.6) is 5.75 Å². The number of amides is 2. The maximum absolute atomic E-state index is 13.9. The highest BCUT2D eigenvalue weighted by Crippen LogP contribution is 2.56. The Kier molecular flexibility index (Phi) is 8.62. The number of rotatable bonds is 5. The topological polar surface area (TPSA) is 231 Å². The number of alkyl halides is 1. The molecule has 0 aromatic heterocycles. The molecule has 1 aromatic carbocycles. The quantitative estimate of drug-likeness (QED) is 0.114. The number of nitrogens with two attached hydrogens (primary N) is 1. The number of primary amides is 1. The minimum Gasteiger partial charge on any atom is -0.508 e. The number of phenols is 1. The minimum absolute atomic E-state index is 0. The number of likely N-dealkylation sites (N-methyl/N-ethyl adjacent to an activating group) is 1. The molecule has 2 amide bonds. The van der Waals surface area contributed by atoms with Crippen LogP contribution in [0, 0.1) is 11.8 Å². The number of nitrogens with one attached hydrogen (secondary N) is 1.